The van der Waals surface area contributed by atoms with E-state index < -0.39 is 28.5 Å². The Morgan fingerprint density at radius 3 is 2.15 bits per heavy atom. The molecule has 0 saturated heterocycles. The Morgan fingerprint density at radius 2 is 1.52 bits per heavy atom. The summed E-state index contributed by atoms with van der Waals surface area (Å²) < 4.78 is 34.9. The van der Waals surface area contributed by atoms with Crippen LogP contribution >= 0.6 is 23.2 Å². The normalized spacial score (nSPS) is 12.5. The number of anilines is 1. The Hall–Kier alpha value is -4.05. The molecule has 4 aromatic rings. The molecule has 0 unspecified atom stereocenters. The van der Waals surface area contributed by atoms with Crippen LogP contribution in [-0.4, -0.2) is 50.9 Å². The number of nitrogens with one attached hydrogen (secondary N) is 1. The number of carbonyl (C=O) groups excluding carboxylic acids is 2. The third kappa shape index (κ3) is 8.60. The van der Waals surface area contributed by atoms with Crippen molar-refractivity contribution in [3.8, 4) is 5.75 Å². The van der Waals surface area contributed by atoms with Crippen LogP contribution < -0.4 is 14.4 Å². The molecular weight excluding hydrogens is 645 g/mol. The van der Waals surface area contributed by atoms with Gasteiger partial charge >= 0.3 is 0 Å². The zero-order chi connectivity index (χ0) is 33.3. The molecule has 0 heterocycles. The van der Waals surface area contributed by atoms with E-state index in [0.717, 1.165) is 9.87 Å². The first kappa shape index (κ1) is 34.8. The topological polar surface area (TPSA) is 96.0 Å². The van der Waals surface area contributed by atoms with E-state index in [9.17, 15) is 18.0 Å². The summed E-state index contributed by atoms with van der Waals surface area (Å²) in [4.78, 5) is 29.9. The number of amides is 2. The van der Waals surface area contributed by atoms with Gasteiger partial charge in [0.1, 0.15) is 18.3 Å². The molecule has 0 fully saturated rings. The first-order valence-electron chi connectivity index (χ1n) is 14.8. The Labute approximate surface area is 280 Å². The van der Waals surface area contributed by atoms with Gasteiger partial charge in [0.05, 0.1) is 17.7 Å². The number of sulfonamides is 1. The van der Waals surface area contributed by atoms with Gasteiger partial charge in [0.15, 0.2) is 0 Å². The molecule has 8 nitrogen and oxygen atoms in total. The van der Waals surface area contributed by atoms with Gasteiger partial charge in [-0.3, -0.25) is 13.9 Å². The van der Waals surface area contributed by atoms with Crippen molar-refractivity contribution in [1.82, 2.24) is 10.2 Å². The summed E-state index contributed by atoms with van der Waals surface area (Å²) in [6.45, 7) is 3.14. The molecule has 2 atom stereocenters. The molecule has 0 saturated carbocycles. The SMILES string of the molecule is CC[C@H](C)NC(=O)[C@@H](Cc1ccccc1)N(Cc1ccccc1Cl)C(=O)CN(c1cc(Cl)ccc1OC)S(=O)(=O)c1ccccc1. The fourth-order valence-corrected chi connectivity index (χ4v) is 6.70. The van der Waals surface area contributed by atoms with Crippen molar-refractivity contribution in [1.29, 1.82) is 0 Å². The summed E-state index contributed by atoms with van der Waals surface area (Å²) in [6, 6.07) is 27.6. The van der Waals surface area contributed by atoms with Crippen molar-refractivity contribution in [3.63, 3.8) is 0 Å². The van der Waals surface area contributed by atoms with E-state index in [4.69, 9.17) is 27.9 Å². The Kier molecular flexibility index (Phi) is 12.1. The van der Waals surface area contributed by atoms with Crippen molar-refractivity contribution in [2.75, 3.05) is 18.0 Å². The van der Waals surface area contributed by atoms with E-state index >= 15 is 0 Å². The first-order valence-corrected chi connectivity index (χ1v) is 17.0. The van der Waals surface area contributed by atoms with Gasteiger partial charge in [0.25, 0.3) is 10.0 Å². The van der Waals surface area contributed by atoms with Gasteiger partial charge in [-0.15, -0.1) is 0 Å². The molecule has 4 aromatic carbocycles. The van der Waals surface area contributed by atoms with Crippen LogP contribution in [-0.2, 0) is 32.6 Å². The van der Waals surface area contributed by atoms with Crippen LogP contribution in [0.3, 0.4) is 0 Å². The Balaban J connectivity index is 1.86. The van der Waals surface area contributed by atoms with Crippen molar-refractivity contribution < 1.29 is 22.7 Å². The Bertz CT molecular complexity index is 1740. The average Bonchev–Trinajstić information content (AvgIpc) is 3.06. The molecule has 242 valence electrons. The first-order chi connectivity index (χ1) is 22.0. The maximum atomic E-state index is 14.6. The van der Waals surface area contributed by atoms with Crippen molar-refractivity contribution in [3.05, 3.63) is 124 Å². The number of hydrogen-bond acceptors (Lipinski definition) is 5. The molecule has 46 heavy (non-hydrogen) atoms. The molecule has 0 aliphatic carbocycles. The van der Waals surface area contributed by atoms with Gasteiger partial charge in [-0.05, 0) is 60.9 Å². The fraction of sp³-hybridized carbons (Fsp3) is 0.257. The van der Waals surface area contributed by atoms with Crippen LogP contribution in [0.25, 0.3) is 0 Å². The van der Waals surface area contributed by atoms with E-state index in [1.807, 2.05) is 44.2 Å². The van der Waals surface area contributed by atoms with Gasteiger partial charge in [-0.2, -0.15) is 0 Å². The van der Waals surface area contributed by atoms with E-state index in [-0.39, 0.29) is 46.3 Å². The highest BCUT2D eigenvalue weighted by molar-refractivity contribution is 7.92. The van der Waals surface area contributed by atoms with Crippen molar-refractivity contribution in [2.24, 2.45) is 0 Å². The summed E-state index contributed by atoms with van der Waals surface area (Å²) in [5.74, 6) is -0.789. The van der Waals surface area contributed by atoms with E-state index in [1.165, 1.54) is 36.3 Å². The predicted molar refractivity (Wildman–Crippen MR) is 183 cm³/mol. The summed E-state index contributed by atoms with van der Waals surface area (Å²) in [5.41, 5.74) is 1.51. The number of nitrogens with zero attached hydrogens (tertiary/aromatic N) is 2. The quantitative estimate of drug-likeness (QED) is 0.159. The highest BCUT2D eigenvalue weighted by atomic mass is 35.5. The van der Waals surface area contributed by atoms with Gasteiger partial charge in [-0.1, -0.05) is 96.9 Å². The molecule has 1 N–H and O–H groups in total. The number of methoxy groups -OCH3 is 1. The molecular formula is C35H37Cl2N3O5S. The molecule has 11 heteroatoms. The van der Waals surface area contributed by atoms with E-state index in [1.54, 1.807) is 48.5 Å². The van der Waals surface area contributed by atoms with Gasteiger partial charge in [-0.25, -0.2) is 8.42 Å². The van der Waals surface area contributed by atoms with Crippen LogP contribution in [0, 0.1) is 0 Å². The smallest absolute Gasteiger partial charge is 0.264 e. The average molecular weight is 683 g/mol. The lowest BCUT2D eigenvalue weighted by atomic mass is 10.0. The number of rotatable bonds is 14. The minimum absolute atomic E-state index is 0.0298. The van der Waals surface area contributed by atoms with Gasteiger partial charge < -0.3 is 15.0 Å². The fourth-order valence-electron chi connectivity index (χ4n) is 4.90. The Morgan fingerprint density at radius 1 is 0.891 bits per heavy atom. The summed E-state index contributed by atoms with van der Waals surface area (Å²) in [6.07, 6.45) is 0.866. The highest BCUT2D eigenvalue weighted by Crippen LogP contribution is 2.35. The number of benzene rings is 4. The second-order valence-electron chi connectivity index (χ2n) is 10.8. The molecule has 0 spiro atoms. The molecule has 0 aliphatic heterocycles. The largest absolute Gasteiger partial charge is 0.495 e. The minimum Gasteiger partial charge on any atom is -0.495 e. The number of halogens is 2. The maximum absolute atomic E-state index is 14.6. The third-order valence-corrected chi connectivity index (χ3v) is 9.97. The molecule has 2 amide bonds. The lowest BCUT2D eigenvalue weighted by Crippen LogP contribution is -2.54. The number of carbonyl (C=O) groups is 2. The molecule has 0 radical (unpaired) electrons. The van der Waals surface area contributed by atoms with Crippen LogP contribution in [0.2, 0.25) is 10.0 Å². The number of hydrogen-bond donors (Lipinski definition) is 1. The van der Waals surface area contributed by atoms with Gasteiger partial charge in [0.2, 0.25) is 11.8 Å². The van der Waals surface area contributed by atoms with Crippen molar-refractivity contribution in [2.45, 2.75) is 50.2 Å². The minimum atomic E-state index is -4.32. The highest BCUT2D eigenvalue weighted by Gasteiger charge is 2.36. The van der Waals surface area contributed by atoms with E-state index in [0.29, 0.717) is 17.0 Å². The van der Waals surface area contributed by atoms with Crippen LogP contribution in [0.1, 0.15) is 31.4 Å². The summed E-state index contributed by atoms with van der Waals surface area (Å²) >= 11 is 12.9. The molecule has 4 rings (SSSR count). The standard InChI is InChI=1S/C35H37Cl2N3O5S/c1-4-25(2)38-35(42)32(21-26-13-7-5-8-14-26)39(23-27-15-11-12-18-30(27)37)34(41)24-40(31-22-28(36)19-20-33(31)45-3)46(43,44)29-16-9-6-10-17-29/h5-20,22,25,32H,4,21,23-24H2,1-3H3,(H,38,42)/t25-,32+/m0/s1. The second kappa shape index (κ2) is 16.0. The predicted octanol–water partition coefficient (Wildman–Crippen LogP) is 6.75. The van der Waals surface area contributed by atoms with Crippen LogP contribution in [0.15, 0.2) is 108 Å². The lowest BCUT2D eigenvalue weighted by Gasteiger charge is -2.34. The monoisotopic (exact) mass is 681 g/mol. The molecule has 0 aromatic heterocycles. The zero-order valence-electron chi connectivity index (χ0n) is 25.9. The van der Waals surface area contributed by atoms with Gasteiger partial charge in [0, 0.05) is 29.1 Å². The van der Waals surface area contributed by atoms with Crippen molar-refractivity contribution >= 4 is 50.7 Å². The zero-order valence-corrected chi connectivity index (χ0v) is 28.2. The van der Waals surface area contributed by atoms with Crippen LogP contribution in [0.4, 0.5) is 5.69 Å². The lowest BCUT2D eigenvalue weighted by molar-refractivity contribution is -0.140. The third-order valence-electron chi connectivity index (χ3n) is 7.59. The second-order valence-corrected chi connectivity index (χ2v) is 13.5. The number of ether oxygens (including phenoxy) is 1. The summed E-state index contributed by atoms with van der Waals surface area (Å²) in [7, 11) is -2.92. The molecule has 0 aliphatic rings. The maximum Gasteiger partial charge on any atom is 0.264 e. The van der Waals surface area contributed by atoms with E-state index in [2.05, 4.69) is 5.32 Å². The molecule has 0 bridgehead atoms. The summed E-state index contributed by atoms with van der Waals surface area (Å²) in [5, 5.41) is 3.68. The van der Waals surface area contributed by atoms with Crippen LogP contribution in [0.5, 0.6) is 5.75 Å².